The van der Waals surface area contributed by atoms with Gasteiger partial charge in [-0.2, -0.15) is 0 Å². The van der Waals surface area contributed by atoms with Crippen molar-refractivity contribution in [2.75, 3.05) is 24.2 Å². The zero-order valence-electron chi connectivity index (χ0n) is 20.3. The molecule has 0 aliphatic rings. The maximum absolute atomic E-state index is 13.6. The number of rotatable bonds is 10. The number of halogens is 1. The summed E-state index contributed by atoms with van der Waals surface area (Å²) in [6.07, 6.45) is 1.04. The lowest BCUT2D eigenvalue weighted by atomic mass is 10.1. The minimum absolute atomic E-state index is 0.109. The average molecular weight is 555 g/mol. The number of nitrogens with zero attached hydrogens (tertiary/aromatic N) is 2. The summed E-state index contributed by atoms with van der Waals surface area (Å²) in [7, 11) is -2.40. The van der Waals surface area contributed by atoms with Gasteiger partial charge in [-0.05, 0) is 63.1 Å². The second-order valence-electron chi connectivity index (χ2n) is 8.44. The fraction of sp³-hybridized carbons (Fsp3) is 0.417. The third-order valence-corrected chi connectivity index (χ3v) is 6.74. The van der Waals surface area contributed by atoms with Crippen LogP contribution in [0.25, 0.3) is 0 Å². The highest BCUT2D eigenvalue weighted by molar-refractivity contribution is 9.10. The van der Waals surface area contributed by atoms with Crippen molar-refractivity contribution < 1.29 is 22.7 Å². The van der Waals surface area contributed by atoms with E-state index in [9.17, 15) is 18.0 Å². The predicted molar refractivity (Wildman–Crippen MR) is 137 cm³/mol. The Balaban J connectivity index is 2.47. The second-order valence-corrected chi connectivity index (χ2v) is 11.3. The number of anilines is 1. The number of hydrogen-bond acceptors (Lipinski definition) is 5. The van der Waals surface area contributed by atoms with Crippen LogP contribution in [0, 0.1) is 6.92 Å². The van der Waals surface area contributed by atoms with Gasteiger partial charge in [0.2, 0.25) is 21.8 Å². The van der Waals surface area contributed by atoms with Crippen molar-refractivity contribution in [2.45, 2.75) is 46.3 Å². The van der Waals surface area contributed by atoms with Crippen molar-refractivity contribution in [1.82, 2.24) is 10.2 Å². The van der Waals surface area contributed by atoms with E-state index in [0.29, 0.717) is 5.75 Å². The Labute approximate surface area is 210 Å². The van der Waals surface area contributed by atoms with Gasteiger partial charge in [0.15, 0.2) is 0 Å². The number of carbonyl (C=O) groups is 2. The normalized spacial score (nSPS) is 12.2. The van der Waals surface area contributed by atoms with E-state index in [-0.39, 0.29) is 24.2 Å². The summed E-state index contributed by atoms with van der Waals surface area (Å²) >= 11 is 3.42. The maximum atomic E-state index is 13.6. The highest BCUT2D eigenvalue weighted by atomic mass is 79.9. The van der Waals surface area contributed by atoms with Gasteiger partial charge in [0.05, 0.1) is 19.1 Å². The molecule has 0 saturated carbocycles. The molecular weight excluding hydrogens is 522 g/mol. The zero-order chi connectivity index (χ0) is 25.6. The Bertz CT molecular complexity index is 1140. The first-order valence-electron chi connectivity index (χ1n) is 10.8. The number of ether oxygens (including phenoxy) is 1. The Morgan fingerprint density at radius 2 is 1.79 bits per heavy atom. The molecule has 10 heteroatoms. The first-order chi connectivity index (χ1) is 15.8. The molecule has 0 heterocycles. The molecule has 0 fully saturated rings. The summed E-state index contributed by atoms with van der Waals surface area (Å²) in [5.41, 5.74) is 1.87. The highest BCUT2D eigenvalue weighted by Crippen LogP contribution is 2.31. The maximum Gasteiger partial charge on any atom is 0.244 e. The van der Waals surface area contributed by atoms with Gasteiger partial charge in [0.25, 0.3) is 0 Å². The van der Waals surface area contributed by atoms with E-state index < -0.39 is 28.5 Å². The summed E-state index contributed by atoms with van der Waals surface area (Å²) < 4.78 is 32.7. The quantitative estimate of drug-likeness (QED) is 0.486. The summed E-state index contributed by atoms with van der Waals surface area (Å²) in [5, 5.41) is 2.82. The number of amides is 2. The SMILES string of the molecule is COc1ccc(C)cc1N(CC(=O)N(Cc1cccc(Br)c1)[C@H](C)C(=O)NC(C)C)S(C)(=O)=O. The smallest absolute Gasteiger partial charge is 0.244 e. The van der Waals surface area contributed by atoms with Crippen LogP contribution < -0.4 is 14.4 Å². The van der Waals surface area contributed by atoms with Crippen molar-refractivity contribution in [1.29, 1.82) is 0 Å². The number of methoxy groups -OCH3 is 1. The largest absolute Gasteiger partial charge is 0.495 e. The van der Waals surface area contributed by atoms with Crippen LogP contribution in [0.1, 0.15) is 31.9 Å². The van der Waals surface area contributed by atoms with E-state index >= 15 is 0 Å². The van der Waals surface area contributed by atoms with E-state index in [1.54, 1.807) is 25.1 Å². The highest BCUT2D eigenvalue weighted by Gasteiger charge is 2.31. The molecule has 2 amide bonds. The molecule has 2 aromatic carbocycles. The molecule has 0 aliphatic heterocycles. The lowest BCUT2D eigenvalue weighted by molar-refractivity contribution is -0.139. The Morgan fingerprint density at radius 3 is 2.35 bits per heavy atom. The minimum atomic E-state index is -3.84. The van der Waals surface area contributed by atoms with Gasteiger partial charge in [0, 0.05) is 17.1 Å². The number of nitrogens with one attached hydrogen (secondary N) is 1. The molecule has 1 N–H and O–H groups in total. The molecule has 0 saturated heterocycles. The van der Waals surface area contributed by atoms with Crippen LogP contribution in [0.4, 0.5) is 5.69 Å². The van der Waals surface area contributed by atoms with Gasteiger partial charge in [-0.3, -0.25) is 13.9 Å². The van der Waals surface area contributed by atoms with Gasteiger partial charge >= 0.3 is 0 Å². The van der Waals surface area contributed by atoms with E-state index in [2.05, 4.69) is 21.2 Å². The molecule has 34 heavy (non-hydrogen) atoms. The lowest BCUT2D eigenvalue weighted by Gasteiger charge is -2.32. The minimum Gasteiger partial charge on any atom is -0.495 e. The van der Waals surface area contributed by atoms with Crippen molar-refractivity contribution in [3.8, 4) is 5.75 Å². The summed E-state index contributed by atoms with van der Waals surface area (Å²) in [6.45, 7) is 6.77. The summed E-state index contributed by atoms with van der Waals surface area (Å²) in [4.78, 5) is 27.7. The molecule has 0 unspecified atom stereocenters. The molecule has 0 spiro atoms. The molecule has 1 atom stereocenters. The van der Waals surface area contributed by atoms with Gasteiger partial charge in [-0.25, -0.2) is 8.42 Å². The number of hydrogen-bond donors (Lipinski definition) is 1. The summed E-state index contributed by atoms with van der Waals surface area (Å²) in [6, 6.07) is 11.6. The average Bonchev–Trinajstić information content (AvgIpc) is 2.74. The van der Waals surface area contributed by atoms with Crippen LogP contribution >= 0.6 is 15.9 Å². The van der Waals surface area contributed by atoms with E-state index in [1.807, 2.05) is 45.0 Å². The molecule has 2 rings (SSSR count). The standard InChI is InChI=1S/C24H32BrN3O5S/c1-16(2)26-24(30)18(4)27(14-19-8-7-9-20(25)13-19)23(29)15-28(34(6,31)32)21-12-17(3)10-11-22(21)33-5/h7-13,16,18H,14-15H2,1-6H3,(H,26,30)/t18-/m1/s1. The van der Waals surface area contributed by atoms with E-state index in [1.165, 1.54) is 12.0 Å². The van der Waals surface area contributed by atoms with Gasteiger partial charge in [-0.1, -0.05) is 34.1 Å². The fourth-order valence-electron chi connectivity index (χ4n) is 3.41. The van der Waals surface area contributed by atoms with Crippen molar-refractivity contribution >= 4 is 43.5 Å². The van der Waals surface area contributed by atoms with Gasteiger partial charge in [-0.15, -0.1) is 0 Å². The molecule has 186 valence electrons. The lowest BCUT2D eigenvalue weighted by Crippen LogP contribution is -2.52. The summed E-state index contributed by atoms with van der Waals surface area (Å²) in [5.74, 6) is -0.509. The third kappa shape index (κ3) is 7.46. The Hall–Kier alpha value is -2.59. The first kappa shape index (κ1) is 27.7. The molecule has 8 nitrogen and oxygen atoms in total. The van der Waals surface area contributed by atoms with Crippen molar-refractivity contribution in [3.05, 3.63) is 58.1 Å². The molecule has 0 aliphatic carbocycles. The molecule has 0 radical (unpaired) electrons. The fourth-order valence-corrected chi connectivity index (χ4v) is 4.70. The topological polar surface area (TPSA) is 96.0 Å². The van der Waals surface area contributed by atoms with Crippen LogP contribution in [0.2, 0.25) is 0 Å². The molecular formula is C24H32BrN3O5S. The van der Waals surface area contributed by atoms with E-state index in [0.717, 1.165) is 26.2 Å². The number of aryl methyl sites for hydroxylation is 1. The van der Waals surface area contributed by atoms with Crippen molar-refractivity contribution in [3.63, 3.8) is 0 Å². The van der Waals surface area contributed by atoms with Crippen LogP contribution in [0.15, 0.2) is 46.9 Å². The number of carbonyl (C=O) groups excluding carboxylic acids is 2. The zero-order valence-corrected chi connectivity index (χ0v) is 22.7. The van der Waals surface area contributed by atoms with Crippen LogP contribution in [-0.2, 0) is 26.2 Å². The molecule has 2 aromatic rings. The first-order valence-corrected chi connectivity index (χ1v) is 13.4. The van der Waals surface area contributed by atoms with Crippen LogP contribution in [-0.4, -0.2) is 57.1 Å². The number of benzene rings is 2. The van der Waals surface area contributed by atoms with Crippen LogP contribution in [0.3, 0.4) is 0 Å². The Kier molecular flexibility index (Phi) is 9.52. The molecule has 0 aromatic heterocycles. The van der Waals surface area contributed by atoms with E-state index in [4.69, 9.17) is 4.74 Å². The predicted octanol–water partition coefficient (Wildman–Crippen LogP) is 3.47. The second kappa shape index (κ2) is 11.7. The van der Waals surface area contributed by atoms with Crippen molar-refractivity contribution in [2.24, 2.45) is 0 Å². The monoisotopic (exact) mass is 553 g/mol. The van der Waals surface area contributed by atoms with Gasteiger partial charge in [0.1, 0.15) is 18.3 Å². The third-order valence-electron chi connectivity index (χ3n) is 5.12. The Morgan fingerprint density at radius 1 is 1.12 bits per heavy atom. The van der Waals surface area contributed by atoms with Crippen LogP contribution in [0.5, 0.6) is 5.75 Å². The number of sulfonamides is 1. The van der Waals surface area contributed by atoms with Gasteiger partial charge < -0.3 is 15.0 Å². The molecule has 0 bridgehead atoms.